The quantitative estimate of drug-likeness (QED) is 0.545. The van der Waals surface area contributed by atoms with Gasteiger partial charge in [-0.25, -0.2) is 4.79 Å². The zero-order chi connectivity index (χ0) is 11.1. The average Bonchev–Trinajstić information content (AvgIpc) is 2.62. The van der Waals surface area contributed by atoms with Crippen LogP contribution in [-0.2, 0) is 16.0 Å². The summed E-state index contributed by atoms with van der Waals surface area (Å²) in [6.07, 6.45) is 4.29. The normalized spacial score (nSPS) is 10.2. The van der Waals surface area contributed by atoms with E-state index in [0.717, 1.165) is 18.5 Å². The highest BCUT2D eigenvalue weighted by molar-refractivity contribution is 5.69. The van der Waals surface area contributed by atoms with Gasteiger partial charge in [0.1, 0.15) is 0 Å². The van der Waals surface area contributed by atoms with Crippen LogP contribution in [0.5, 0.6) is 0 Å². The van der Waals surface area contributed by atoms with Crippen molar-refractivity contribution < 1.29 is 9.53 Å². The number of nitrogens with one attached hydrogen (secondary N) is 2. The van der Waals surface area contributed by atoms with Gasteiger partial charge in [-0.1, -0.05) is 13.3 Å². The van der Waals surface area contributed by atoms with Gasteiger partial charge in [-0.2, -0.15) is 0 Å². The first-order chi connectivity index (χ1) is 7.22. The molecule has 1 heterocycles. The number of aromatic nitrogens is 2. The van der Waals surface area contributed by atoms with Crippen molar-refractivity contribution in [1.29, 1.82) is 0 Å². The number of hydrogen-bond acceptors (Lipinski definition) is 3. The molecule has 0 atom stereocenters. The molecular formula is C10H16N2O3. The predicted molar refractivity (Wildman–Crippen MR) is 55.6 cm³/mol. The largest absolute Gasteiger partial charge is 0.466 e. The van der Waals surface area contributed by atoms with Crippen LogP contribution in [0, 0.1) is 0 Å². The Bertz CT molecular complexity index is 354. The Kier molecular flexibility index (Phi) is 4.66. The lowest BCUT2D eigenvalue weighted by Crippen LogP contribution is -2.07. The third-order valence-electron chi connectivity index (χ3n) is 2.01. The second kappa shape index (κ2) is 6.06. The molecule has 5 heteroatoms. The number of unbranched alkanes of at least 4 members (excludes halogenated alkanes) is 1. The second-order valence-electron chi connectivity index (χ2n) is 3.34. The zero-order valence-corrected chi connectivity index (χ0v) is 8.84. The van der Waals surface area contributed by atoms with E-state index in [2.05, 4.69) is 9.97 Å². The minimum absolute atomic E-state index is 0.217. The van der Waals surface area contributed by atoms with E-state index in [-0.39, 0.29) is 11.7 Å². The first-order valence-electron chi connectivity index (χ1n) is 5.14. The number of carbonyl (C=O) groups is 1. The molecule has 0 unspecified atom stereocenters. The molecule has 1 aromatic rings. The van der Waals surface area contributed by atoms with Crippen LogP contribution in [0.2, 0.25) is 0 Å². The summed E-state index contributed by atoms with van der Waals surface area (Å²) in [5, 5.41) is 0. The third-order valence-corrected chi connectivity index (χ3v) is 2.01. The zero-order valence-electron chi connectivity index (χ0n) is 8.84. The molecule has 0 radical (unpaired) electrons. The molecule has 0 aliphatic carbocycles. The third kappa shape index (κ3) is 4.49. The van der Waals surface area contributed by atoms with E-state index in [0.29, 0.717) is 19.4 Å². The van der Waals surface area contributed by atoms with E-state index < -0.39 is 0 Å². The lowest BCUT2D eigenvalue weighted by atomic mass is 10.2. The average molecular weight is 212 g/mol. The van der Waals surface area contributed by atoms with Crippen molar-refractivity contribution in [2.75, 3.05) is 6.61 Å². The van der Waals surface area contributed by atoms with Crippen molar-refractivity contribution in [2.24, 2.45) is 0 Å². The Morgan fingerprint density at radius 3 is 2.93 bits per heavy atom. The Balaban J connectivity index is 2.19. The fourth-order valence-electron chi connectivity index (χ4n) is 1.14. The van der Waals surface area contributed by atoms with Crippen molar-refractivity contribution >= 4 is 5.97 Å². The van der Waals surface area contributed by atoms with E-state index in [4.69, 9.17) is 4.74 Å². The van der Waals surface area contributed by atoms with E-state index in [9.17, 15) is 9.59 Å². The second-order valence-corrected chi connectivity index (χ2v) is 3.34. The summed E-state index contributed by atoms with van der Waals surface area (Å²) in [6, 6.07) is 0. The van der Waals surface area contributed by atoms with Crippen LogP contribution in [0.4, 0.5) is 0 Å². The van der Waals surface area contributed by atoms with Gasteiger partial charge >= 0.3 is 11.7 Å². The van der Waals surface area contributed by atoms with Crippen molar-refractivity contribution in [1.82, 2.24) is 9.97 Å². The summed E-state index contributed by atoms with van der Waals surface area (Å²) in [5.41, 5.74) is 0.483. The molecular weight excluding hydrogens is 196 g/mol. The van der Waals surface area contributed by atoms with Crippen molar-refractivity contribution in [2.45, 2.75) is 32.6 Å². The summed E-state index contributed by atoms with van der Waals surface area (Å²) in [6.45, 7) is 2.53. The van der Waals surface area contributed by atoms with Gasteiger partial charge in [0.05, 0.1) is 13.0 Å². The number of H-pyrrole nitrogens is 2. The van der Waals surface area contributed by atoms with E-state index in [1.807, 2.05) is 6.92 Å². The van der Waals surface area contributed by atoms with Crippen LogP contribution in [0.25, 0.3) is 0 Å². The van der Waals surface area contributed by atoms with Crippen molar-refractivity contribution in [3.05, 3.63) is 22.4 Å². The summed E-state index contributed by atoms with van der Waals surface area (Å²) in [4.78, 5) is 27.0. The summed E-state index contributed by atoms with van der Waals surface area (Å²) in [5.74, 6) is -0.217. The molecule has 84 valence electrons. The molecule has 2 N–H and O–H groups in total. The molecule has 0 aliphatic rings. The standard InChI is InChI=1S/C10H16N2O3/c1-2-3-6-15-9(13)5-4-8-7-11-10(14)12-8/h7H,2-6H2,1H3,(H2,11,12,14). The fraction of sp³-hybridized carbons (Fsp3) is 0.600. The maximum Gasteiger partial charge on any atom is 0.323 e. The Hall–Kier alpha value is -1.52. The fourth-order valence-corrected chi connectivity index (χ4v) is 1.14. The molecule has 0 spiro atoms. The molecule has 0 amide bonds. The summed E-state index contributed by atoms with van der Waals surface area (Å²) in [7, 11) is 0. The van der Waals surface area contributed by atoms with Gasteiger partial charge in [0.2, 0.25) is 0 Å². The number of ether oxygens (including phenoxy) is 1. The number of imidazole rings is 1. The van der Waals surface area contributed by atoms with Crippen LogP contribution >= 0.6 is 0 Å². The lowest BCUT2D eigenvalue weighted by molar-refractivity contribution is -0.143. The van der Waals surface area contributed by atoms with Gasteiger partial charge in [-0.05, 0) is 12.8 Å². The van der Waals surface area contributed by atoms with Crippen LogP contribution in [0.15, 0.2) is 11.0 Å². The Morgan fingerprint density at radius 1 is 1.53 bits per heavy atom. The minimum Gasteiger partial charge on any atom is -0.466 e. The Labute approximate surface area is 87.9 Å². The number of carbonyl (C=O) groups excluding carboxylic acids is 1. The first-order valence-corrected chi connectivity index (χ1v) is 5.14. The number of aryl methyl sites for hydroxylation is 1. The molecule has 0 aromatic carbocycles. The molecule has 0 bridgehead atoms. The Morgan fingerprint density at radius 2 is 2.33 bits per heavy atom. The number of rotatable bonds is 6. The van der Waals surface area contributed by atoms with Gasteiger partial charge in [0.25, 0.3) is 0 Å². The summed E-state index contributed by atoms with van der Waals surface area (Å²) >= 11 is 0. The minimum atomic E-state index is -0.246. The van der Waals surface area contributed by atoms with Gasteiger partial charge in [-0.3, -0.25) is 4.79 Å². The topological polar surface area (TPSA) is 75.0 Å². The highest BCUT2D eigenvalue weighted by atomic mass is 16.5. The van der Waals surface area contributed by atoms with Gasteiger partial charge in [-0.15, -0.1) is 0 Å². The smallest absolute Gasteiger partial charge is 0.323 e. The first kappa shape index (κ1) is 11.6. The maximum absolute atomic E-state index is 11.2. The molecule has 0 saturated carbocycles. The van der Waals surface area contributed by atoms with Gasteiger partial charge < -0.3 is 14.7 Å². The highest BCUT2D eigenvalue weighted by Gasteiger charge is 2.04. The van der Waals surface area contributed by atoms with Crippen LogP contribution in [0.1, 0.15) is 31.9 Å². The number of hydrogen-bond donors (Lipinski definition) is 2. The SMILES string of the molecule is CCCCOC(=O)CCc1c[nH]c(=O)[nH]1. The number of esters is 1. The molecule has 1 rings (SSSR count). The summed E-state index contributed by atoms with van der Waals surface area (Å²) < 4.78 is 4.97. The molecule has 15 heavy (non-hydrogen) atoms. The predicted octanol–water partition coefficient (Wildman–Crippen LogP) is 0.979. The van der Waals surface area contributed by atoms with Crippen LogP contribution < -0.4 is 5.69 Å². The highest BCUT2D eigenvalue weighted by Crippen LogP contribution is 1.98. The van der Waals surface area contributed by atoms with E-state index in [1.54, 1.807) is 6.20 Å². The number of aromatic amines is 2. The molecule has 1 aromatic heterocycles. The molecule has 0 fully saturated rings. The lowest BCUT2D eigenvalue weighted by Gasteiger charge is -2.02. The van der Waals surface area contributed by atoms with Crippen molar-refractivity contribution in [3.8, 4) is 0 Å². The van der Waals surface area contributed by atoms with Crippen LogP contribution in [0.3, 0.4) is 0 Å². The maximum atomic E-state index is 11.2. The molecule has 5 nitrogen and oxygen atoms in total. The monoisotopic (exact) mass is 212 g/mol. The van der Waals surface area contributed by atoms with Crippen LogP contribution in [-0.4, -0.2) is 22.5 Å². The molecule has 0 aliphatic heterocycles. The van der Waals surface area contributed by atoms with Crippen molar-refractivity contribution in [3.63, 3.8) is 0 Å². The molecule has 0 saturated heterocycles. The van der Waals surface area contributed by atoms with E-state index in [1.165, 1.54) is 0 Å². The van der Waals surface area contributed by atoms with Gasteiger partial charge in [0, 0.05) is 11.9 Å². The van der Waals surface area contributed by atoms with Gasteiger partial charge in [0.15, 0.2) is 0 Å². The van der Waals surface area contributed by atoms with E-state index >= 15 is 0 Å².